The molecule has 0 radical (unpaired) electrons. The van der Waals surface area contributed by atoms with Gasteiger partial charge in [-0.05, 0) is 24.3 Å². The van der Waals surface area contributed by atoms with E-state index in [4.69, 9.17) is 0 Å². The maximum atomic E-state index is 13.1. The van der Waals surface area contributed by atoms with Gasteiger partial charge in [-0.3, -0.25) is 14.9 Å². The number of nitro groups is 1. The number of hydrogen-bond acceptors (Lipinski definition) is 3. The molecule has 1 amide bonds. The number of anilines is 1. The van der Waals surface area contributed by atoms with Crippen LogP contribution >= 0.6 is 15.9 Å². The van der Waals surface area contributed by atoms with Crippen molar-refractivity contribution in [2.75, 3.05) is 5.32 Å². The number of carbonyl (C=O) groups is 1. The fraction of sp³-hybridized carbons (Fsp3) is 0. The van der Waals surface area contributed by atoms with Crippen molar-refractivity contribution in [1.29, 1.82) is 0 Å². The van der Waals surface area contributed by atoms with E-state index in [2.05, 4.69) is 21.2 Å². The molecule has 0 aliphatic heterocycles. The zero-order valence-electron chi connectivity index (χ0n) is 9.97. The Labute approximate surface area is 121 Å². The molecule has 2 aromatic rings. The summed E-state index contributed by atoms with van der Waals surface area (Å²) >= 11 is 3.22. The molecule has 5 nitrogen and oxygen atoms in total. The SMILES string of the molecule is O=C(Nc1cc(F)ccc1[N+](=O)[O-])c1cccc(Br)c1. The van der Waals surface area contributed by atoms with E-state index < -0.39 is 16.6 Å². The van der Waals surface area contributed by atoms with Gasteiger partial charge in [0.05, 0.1) is 4.92 Å². The van der Waals surface area contributed by atoms with Crippen LogP contribution in [0.2, 0.25) is 0 Å². The quantitative estimate of drug-likeness (QED) is 0.684. The van der Waals surface area contributed by atoms with Crippen molar-refractivity contribution in [3.8, 4) is 0 Å². The molecule has 0 heterocycles. The van der Waals surface area contributed by atoms with E-state index in [0.717, 1.165) is 18.2 Å². The van der Waals surface area contributed by atoms with Crippen molar-refractivity contribution in [1.82, 2.24) is 0 Å². The molecule has 0 spiro atoms. The van der Waals surface area contributed by atoms with Gasteiger partial charge in [-0.25, -0.2) is 4.39 Å². The second kappa shape index (κ2) is 5.79. The van der Waals surface area contributed by atoms with E-state index in [1.165, 1.54) is 0 Å². The van der Waals surface area contributed by atoms with Crippen molar-refractivity contribution in [2.45, 2.75) is 0 Å². The number of amides is 1. The van der Waals surface area contributed by atoms with E-state index in [1.807, 2.05) is 0 Å². The normalized spacial score (nSPS) is 10.1. The molecule has 2 rings (SSSR count). The number of nitro benzene ring substituents is 1. The minimum absolute atomic E-state index is 0.181. The van der Waals surface area contributed by atoms with E-state index in [9.17, 15) is 19.3 Å². The van der Waals surface area contributed by atoms with Crippen LogP contribution in [-0.2, 0) is 0 Å². The Morgan fingerprint density at radius 1 is 1.25 bits per heavy atom. The Bertz CT molecular complexity index is 691. The van der Waals surface area contributed by atoms with Crippen LogP contribution in [0.4, 0.5) is 15.8 Å². The number of hydrogen-bond donors (Lipinski definition) is 1. The summed E-state index contributed by atoms with van der Waals surface area (Å²) in [7, 11) is 0. The maximum absolute atomic E-state index is 13.1. The van der Waals surface area contributed by atoms with Crippen molar-refractivity contribution in [3.63, 3.8) is 0 Å². The largest absolute Gasteiger partial charge is 0.316 e. The van der Waals surface area contributed by atoms with Gasteiger partial charge in [-0.15, -0.1) is 0 Å². The Kier molecular flexibility index (Phi) is 4.09. The molecular formula is C13H8BrFN2O3. The predicted molar refractivity (Wildman–Crippen MR) is 75.1 cm³/mol. The Morgan fingerprint density at radius 2 is 2.00 bits per heavy atom. The van der Waals surface area contributed by atoms with Crippen LogP contribution < -0.4 is 5.32 Å². The highest BCUT2D eigenvalue weighted by Gasteiger charge is 2.17. The van der Waals surface area contributed by atoms with E-state index in [0.29, 0.717) is 10.0 Å². The zero-order valence-corrected chi connectivity index (χ0v) is 11.6. The predicted octanol–water partition coefficient (Wildman–Crippen LogP) is 3.75. The van der Waals surface area contributed by atoms with E-state index in [-0.39, 0.29) is 11.4 Å². The monoisotopic (exact) mass is 338 g/mol. The molecule has 0 saturated carbocycles. The summed E-state index contributed by atoms with van der Waals surface area (Å²) in [4.78, 5) is 22.1. The number of nitrogens with zero attached hydrogens (tertiary/aromatic N) is 1. The maximum Gasteiger partial charge on any atom is 0.292 e. The summed E-state index contributed by atoms with van der Waals surface area (Å²) in [6.45, 7) is 0. The molecule has 102 valence electrons. The Morgan fingerprint density at radius 3 is 2.65 bits per heavy atom. The molecule has 0 aliphatic carbocycles. The van der Waals surface area contributed by atoms with Crippen LogP contribution in [0.1, 0.15) is 10.4 Å². The fourth-order valence-corrected chi connectivity index (χ4v) is 1.99. The third-order valence-electron chi connectivity index (χ3n) is 2.49. The molecule has 7 heteroatoms. The molecule has 1 N–H and O–H groups in total. The van der Waals surface area contributed by atoms with Crippen LogP contribution in [0.25, 0.3) is 0 Å². The van der Waals surface area contributed by atoms with Crippen LogP contribution in [0.5, 0.6) is 0 Å². The lowest BCUT2D eigenvalue weighted by Crippen LogP contribution is -2.13. The van der Waals surface area contributed by atoms with Gasteiger partial charge in [0.2, 0.25) is 0 Å². The molecular weight excluding hydrogens is 331 g/mol. The van der Waals surface area contributed by atoms with Gasteiger partial charge in [-0.2, -0.15) is 0 Å². The summed E-state index contributed by atoms with van der Waals surface area (Å²) in [5.41, 5.74) is -0.243. The van der Waals surface area contributed by atoms with Gasteiger partial charge < -0.3 is 5.32 Å². The first-order chi connectivity index (χ1) is 9.47. The molecule has 0 aliphatic rings. The average molecular weight is 339 g/mol. The topological polar surface area (TPSA) is 72.2 Å². The second-order valence-electron chi connectivity index (χ2n) is 3.88. The van der Waals surface area contributed by atoms with Crippen LogP contribution in [0, 0.1) is 15.9 Å². The fourth-order valence-electron chi connectivity index (χ4n) is 1.59. The Hall–Kier alpha value is -2.28. The minimum atomic E-state index is -0.685. The van der Waals surface area contributed by atoms with Crippen LogP contribution in [-0.4, -0.2) is 10.8 Å². The summed E-state index contributed by atoms with van der Waals surface area (Å²) in [5, 5.41) is 13.2. The lowest BCUT2D eigenvalue weighted by Gasteiger charge is -2.06. The molecule has 0 aromatic heterocycles. The third-order valence-corrected chi connectivity index (χ3v) is 2.98. The lowest BCUT2D eigenvalue weighted by atomic mass is 10.2. The highest BCUT2D eigenvalue weighted by Crippen LogP contribution is 2.25. The van der Waals surface area contributed by atoms with Gasteiger partial charge in [0.15, 0.2) is 0 Å². The van der Waals surface area contributed by atoms with Gasteiger partial charge in [0.25, 0.3) is 11.6 Å². The molecule has 2 aromatic carbocycles. The number of nitrogens with one attached hydrogen (secondary N) is 1. The van der Waals surface area contributed by atoms with Gasteiger partial charge >= 0.3 is 0 Å². The summed E-state index contributed by atoms with van der Waals surface area (Å²) in [5.74, 6) is -1.22. The van der Waals surface area contributed by atoms with Crippen LogP contribution in [0.15, 0.2) is 46.9 Å². The molecule has 0 saturated heterocycles. The highest BCUT2D eigenvalue weighted by molar-refractivity contribution is 9.10. The molecule has 20 heavy (non-hydrogen) atoms. The smallest absolute Gasteiger partial charge is 0.292 e. The number of carbonyl (C=O) groups excluding carboxylic acids is 1. The Balaban J connectivity index is 2.32. The average Bonchev–Trinajstić information content (AvgIpc) is 2.38. The van der Waals surface area contributed by atoms with Gasteiger partial charge in [0, 0.05) is 22.2 Å². The molecule has 0 fully saturated rings. The van der Waals surface area contributed by atoms with Crippen molar-refractivity contribution in [2.24, 2.45) is 0 Å². The first kappa shape index (κ1) is 14.1. The van der Waals surface area contributed by atoms with Crippen LogP contribution in [0.3, 0.4) is 0 Å². The zero-order chi connectivity index (χ0) is 14.7. The van der Waals surface area contributed by atoms with E-state index >= 15 is 0 Å². The molecule has 0 atom stereocenters. The summed E-state index contributed by atoms with van der Waals surface area (Å²) in [6, 6.07) is 9.37. The minimum Gasteiger partial charge on any atom is -0.316 e. The first-order valence-electron chi connectivity index (χ1n) is 5.48. The summed E-state index contributed by atoms with van der Waals surface area (Å²) in [6.07, 6.45) is 0. The van der Waals surface area contributed by atoms with Crippen molar-refractivity contribution in [3.05, 3.63) is 68.4 Å². The standard InChI is InChI=1S/C13H8BrFN2O3/c14-9-3-1-2-8(6-9)13(18)16-11-7-10(15)4-5-12(11)17(19)20/h1-7H,(H,16,18). The highest BCUT2D eigenvalue weighted by atomic mass is 79.9. The van der Waals surface area contributed by atoms with Gasteiger partial charge in [0.1, 0.15) is 11.5 Å². The molecule has 0 unspecified atom stereocenters. The first-order valence-corrected chi connectivity index (χ1v) is 6.27. The second-order valence-corrected chi connectivity index (χ2v) is 4.80. The number of halogens is 2. The van der Waals surface area contributed by atoms with Gasteiger partial charge in [-0.1, -0.05) is 22.0 Å². The van der Waals surface area contributed by atoms with Crippen molar-refractivity contribution >= 4 is 33.2 Å². The van der Waals surface area contributed by atoms with Crippen molar-refractivity contribution < 1.29 is 14.1 Å². The number of rotatable bonds is 3. The molecule has 0 bridgehead atoms. The third kappa shape index (κ3) is 3.18. The lowest BCUT2D eigenvalue weighted by molar-refractivity contribution is -0.384. The van der Waals surface area contributed by atoms with E-state index in [1.54, 1.807) is 24.3 Å². The number of benzene rings is 2. The summed E-state index contributed by atoms with van der Waals surface area (Å²) < 4.78 is 13.8.